The first-order chi connectivity index (χ1) is 25.5. The normalized spacial score (nSPS) is 16.6. The molecule has 284 valence electrons. The highest BCUT2D eigenvalue weighted by Gasteiger charge is 2.40. The number of non-ortho nitro benzene ring substituents is 2. The monoisotopic (exact) mass is 745 g/mol. The smallest absolute Gasteiger partial charge is 0.337 e. The second-order valence-corrected chi connectivity index (χ2v) is 12.0. The predicted octanol–water partition coefficient (Wildman–Crippen LogP) is 5.02. The summed E-state index contributed by atoms with van der Waals surface area (Å²) in [5.41, 5.74) is 2.01. The minimum Gasteiger partial charge on any atom is -0.466 e. The SMILES string of the molecule is CCOC(=O)C1=C(C)NC(C)=C(C(=O)OC)C1c1cccc([N+](=O)[O-])c1.COC(=O)C1=C(C#N)NC(C)=C(C(=O)OC(C)C)C1c1cccc([N+](=O)[O-])c1. The molecule has 0 aliphatic carbocycles. The maximum Gasteiger partial charge on any atom is 0.337 e. The van der Waals surface area contributed by atoms with Gasteiger partial charge in [0.25, 0.3) is 11.4 Å². The number of allylic oxidation sites excluding steroid dienone is 4. The molecule has 0 spiro atoms. The summed E-state index contributed by atoms with van der Waals surface area (Å²) in [6, 6.07) is 13.2. The number of dihydropyridines is 2. The summed E-state index contributed by atoms with van der Waals surface area (Å²) >= 11 is 0. The van der Waals surface area contributed by atoms with Gasteiger partial charge in [-0.25, -0.2) is 19.2 Å². The van der Waals surface area contributed by atoms with E-state index in [0.29, 0.717) is 28.2 Å². The molecule has 0 radical (unpaired) electrons. The largest absolute Gasteiger partial charge is 0.466 e. The number of esters is 4. The van der Waals surface area contributed by atoms with Crippen molar-refractivity contribution in [2.75, 3.05) is 20.8 Å². The summed E-state index contributed by atoms with van der Waals surface area (Å²) in [5, 5.41) is 37.5. The fourth-order valence-corrected chi connectivity index (χ4v) is 5.95. The van der Waals surface area contributed by atoms with Gasteiger partial charge in [0.15, 0.2) is 0 Å². The zero-order valence-electron chi connectivity index (χ0n) is 30.8. The number of carbonyl (C=O) groups excluding carboxylic acids is 4. The highest BCUT2D eigenvalue weighted by molar-refractivity contribution is 6.01. The molecule has 2 atom stereocenters. The quantitative estimate of drug-likeness (QED) is 0.140. The highest BCUT2D eigenvalue weighted by atomic mass is 16.6. The Morgan fingerprint density at radius 1 is 0.741 bits per heavy atom. The third-order valence-electron chi connectivity index (χ3n) is 8.13. The molecule has 17 heteroatoms. The molecular formula is C37H39N5O12. The van der Waals surface area contributed by atoms with Crippen molar-refractivity contribution in [3.63, 3.8) is 0 Å². The van der Waals surface area contributed by atoms with Crippen molar-refractivity contribution in [3.05, 3.63) is 125 Å². The Morgan fingerprint density at radius 3 is 1.59 bits per heavy atom. The first kappa shape index (κ1) is 41.6. The van der Waals surface area contributed by atoms with Crippen LogP contribution in [0.4, 0.5) is 11.4 Å². The molecule has 0 saturated carbocycles. The van der Waals surface area contributed by atoms with Crippen LogP contribution in [0.1, 0.15) is 64.5 Å². The van der Waals surface area contributed by atoms with Gasteiger partial charge in [0.05, 0.1) is 70.9 Å². The van der Waals surface area contributed by atoms with Crippen molar-refractivity contribution in [1.82, 2.24) is 10.6 Å². The van der Waals surface area contributed by atoms with Gasteiger partial charge in [-0.2, -0.15) is 5.26 Å². The molecule has 0 bridgehead atoms. The van der Waals surface area contributed by atoms with Gasteiger partial charge in [-0.15, -0.1) is 0 Å². The zero-order chi connectivity index (χ0) is 40.4. The van der Waals surface area contributed by atoms with E-state index in [2.05, 4.69) is 10.6 Å². The predicted molar refractivity (Wildman–Crippen MR) is 191 cm³/mol. The molecule has 0 saturated heterocycles. The van der Waals surface area contributed by atoms with Crippen molar-refractivity contribution in [2.45, 2.75) is 59.5 Å². The average Bonchev–Trinajstić information content (AvgIpc) is 3.13. The van der Waals surface area contributed by atoms with Crippen LogP contribution < -0.4 is 10.6 Å². The molecule has 54 heavy (non-hydrogen) atoms. The van der Waals surface area contributed by atoms with E-state index in [-0.39, 0.29) is 46.0 Å². The standard InChI is InChI=1S/C19H19N3O6.C18H20N2O6/c1-10(2)28-19(24)15-11(3)21-14(9-20)17(18(23)27-4)16(15)12-6-5-7-13(8-12)22(25)26;1-5-26-18(22)15-11(3)19-10(2)14(17(21)25-4)16(15)12-7-6-8-13(9-12)20(23)24/h5-8,10,16,21H,1-4H3;6-9,16,19H,5H2,1-4H3. The average molecular weight is 746 g/mol. The third-order valence-corrected chi connectivity index (χ3v) is 8.13. The van der Waals surface area contributed by atoms with Gasteiger partial charge in [0.2, 0.25) is 0 Å². The van der Waals surface area contributed by atoms with E-state index in [4.69, 9.17) is 18.9 Å². The number of carbonyl (C=O) groups is 4. The maximum atomic E-state index is 12.8. The van der Waals surface area contributed by atoms with Crippen molar-refractivity contribution >= 4 is 35.3 Å². The second kappa shape index (κ2) is 18.1. The maximum absolute atomic E-state index is 12.8. The number of rotatable bonds is 10. The molecule has 0 aromatic heterocycles. The summed E-state index contributed by atoms with van der Waals surface area (Å²) < 4.78 is 20.1. The lowest BCUT2D eigenvalue weighted by molar-refractivity contribution is -0.385. The van der Waals surface area contributed by atoms with E-state index < -0.39 is 51.7 Å². The topological polar surface area (TPSA) is 239 Å². The Hall–Kier alpha value is -6.83. The fraction of sp³-hybridized carbons (Fsp3) is 0.324. The van der Waals surface area contributed by atoms with Gasteiger partial charge in [0, 0.05) is 41.4 Å². The van der Waals surface area contributed by atoms with E-state index in [1.807, 2.05) is 6.07 Å². The van der Waals surface area contributed by atoms with E-state index in [9.17, 15) is 44.7 Å². The number of methoxy groups -OCH3 is 2. The molecule has 4 rings (SSSR count). The van der Waals surface area contributed by atoms with Crippen LogP contribution in [0.15, 0.2) is 93.6 Å². The Morgan fingerprint density at radius 2 is 1.17 bits per heavy atom. The van der Waals surface area contributed by atoms with Crippen LogP contribution in [0.25, 0.3) is 0 Å². The molecular weight excluding hydrogens is 706 g/mol. The molecule has 2 N–H and O–H groups in total. The molecule has 2 aromatic carbocycles. The minimum atomic E-state index is -1.06. The lowest BCUT2D eigenvalue weighted by atomic mass is 9.80. The van der Waals surface area contributed by atoms with Crippen LogP contribution >= 0.6 is 0 Å². The van der Waals surface area contributed by atoms with Crippen LogP contribution in [-0.4, -0.2) is 60.7 Å². The summed E-state index contributed by atoms with van der Waals surface area (Å²) in [6.45, 7) is 10.1. The second-order valence-electron chi connectivity index (χ2n) is 12.0. The Labute approximate surface area is 310 Å². The van der Waals surface area contributed by atoms with Crippen molar-refractivity contribution < 1.29 is 48.0 Å². The molecule has 2 aromatic rings. The number of hydrogen-bond donors (Lipinski definition) is 2. The Balaban J connectivity index is 0.000000291. The summed E-state index contributed by atoms with van der Waals surface area (Å²) in [4.78, 5) is 71.4. The molecule has 0 amide bonds. The number of ether oxygens (including phenoxy) is 4. The van der Waals surface area contributed by atoms with Gasteiger partial charge in [0.1, 0.15) is 11.8 Å². The van der Waals surface area contributed by atoms with Crippen LogP contribution in [0, 0.1) is 31.6 Å². The van der Waals surface area contributed by atoms with Gasteiger partial charge in [-0.1, -0.05) is 24.3 Å². The van der Waals surface area contributed by atoms with Crippen LogP contribution in [-0.2, 0) is 38.1 Å². The minimum absolute atomic E-state index is 0.0774. The number of nitrogens with one attached hydrogen (secondary N) is 2. The van der Waals surface area contributed by atoms with Crippen molar-refractivity contribution in [3.8, 4) is 6.07 Å². The molecule has 2 aliphatic rings. The number of nitro groups is 2. The zero-order valence-corrected chi connectivity index (χ0v) is 30.8. The first-order valence-electron chi connectivity index (χ1n) is 16.4. The summed E-state index contributed by atoms with van der Waals surface area (Å²) in [7, 11) is 2.38. The van der Waals surface area contributed by atoms with Gasteiger partial charge in [-0.05, 0) is 52.7 Å². The molecule has 0 fully saturated rings. The molecule has 2 aliphatic heterocycles. The number of nitrogens with zero attached hydrogens (tertiary/aromatic N) is 3. The van der Waals surface area contributed by atoms with E-state index >= 15 is 0 Å². The highest BCUT2D eigenvalue weighted by Crippen LogP contribution is 2.41. The van der Waals surface area contributed by atoms with Crippen molar-refractivity contribution in [2.24, 2.45) is 0 Å². The fourth-order valence-electron chi connectivity index (χ4n) is 5.95. The van der Waals surface area contributed by atoms with E-state index in [1.165, 1.54) is 49.6 Å². The summed E-state index contributed by atoms with van der Waals surface area (Å²) in [6.07, 6.45) is -0.429. The lowest BCUT2D eigenvalue weighted by Crippen LogP contribution is -2.33. The molecule has 17 nitrogen and oxygen atoms in total. The first-order valence-corrected chi connectivity index (χ1v) is 16.4. The van der Waals surface area contributed by atoms with Crippen LogP contribution in [0.3, 0.4) is 0 Å². The van der Waals surface area contributed by atoms with Gasteiger partial charge >= 0.3 is 23.9 Å². The van der Waals surface area contributed by atoms with Crippen LogP contribution in [0.5, 0.6) is 0 Å². The number of benzene rings is 2. The Kier molecular flexibility index (Phi) is 13.9. The van der Waals surface area contributed by atoms with Gasteiger partial charge < -0.3 is 29.6 Å². The van der Waals surface area contributed by atoms with Crippen molar-refractivity contribution in [1.29, 1.82) is 5.26 Å². The Bertz CT molecular complexity index is 2050. The molecule has 2 unspecified atom stereocenters. The number of nitriles is 1. The lowest BCUT2D eigenvalue weighted by Gasteiger charge is -2.30. The van der Waals surface area contributed by atoms with Crippen LogP contribution in [0.2, 0.25) is 0 Å². The third kappa shape index (κ3) is 9.14. The van der Waals surface area contributed by atoms with E-state index in [0.717, 1.165) is 7.11 Å². The number of nitro benzene ring substituents is 2. The van der Waals surface area contributed by atoms with E-state index in [1.54, 1.807) is 47.6 Å². The van der Waals surface area contributed by atoms with Gasteiger partial charge in [-0.3, -0.25) is 20.2 Å². The number of hydrogen-bond acceptors (Lipinski definition) is 15. The summed E-state index contributed by atoms with van der Waals surface area (Å²) in [5.74, 6) is -4.64. The molecule has 2 heterocycles.